The van der Waals surface area contributed by atoms with Gasteiger partial charge in [0, 0.05) is 6.20 Å². The summed E-state index contributed by atoms with van der Waals surface area (Å²) in [5.41, 5.74) is 0.808. The van der Waals surface area contributed by atoms with E-state index in [1.165, 1.54) is 0 Å². The molecule has 0 fully saturated rings. The minimum Gasteiger partial charge on any atom is -0.324 e. The van der Waals surface area contributed by atoms with E-state index in [0.29, 0.717) is 11.2 Å². The number of aromatic nitrogens is 3. The quantitative estimate of drug-likeness (QED) is 0.736. The zero-order valence-electron chi connectivity index (χ0n) is 10.0. The second-order valence-corrected chi connectivity index (χ2v) is 5.21. The lowest BCUT2D eigenvalue weighted by Crippen LogP contribution is -2.12. The highest BCUT2D eigenvalue weighted by Crippen LogP contribution is 2.18. The number of aromatic amines is 1. The van der Waals surface area contributed by atoms with Gasteiger partial charge >= 0.3 is 0 Å². The van der Waals surface area contributed by atoms with E-state index >= 15 is 0 Å². The van der Waals surface area contributed by atoms with Gasteiger partial charge in [0.25, 0.3) is 5.56 Å². The summed E-state index contributed by atoms with van der Waals surface area (Å²) >= 11 is 1.67. The van der Waals surface area contributed by atoms with Crippen LogP contribution in [0.4, 0.5) is 0 Å². The number of hydrogen-bond acceptors (Lipinski definition) is 3. The molecule has 0 aliphatic carbocycles. The maximum atomic E-state index is 12.3. The van der Waals surface area contributed by atoms with Crippen molar-refractivity contribution in [2.75, 3.05) is 5.75 Å². The minimum absolute atomic E-state index is 0.0183. The Hall–Kier alpha value is -1.75. The molecular weight excluding hydrogens is 246 g/mol. The van der Waals surface area contributed by atoms with Crippen LogP contribution in [0.5, 0.6) is 0 Å². The number of fused-ring (bicyclic) bond motifs is 2. The molecule has 92 valence electrons. The van der Waals surface area contributed by atoms with Gasteiger partial charge in [-0.05, 0) is 24.3 Å². The number of nitrogens with zero attached hydrogens (tertiary/aromatic N) is 2. The van der Waals surface area contributed by atoms with E-state index in [2.05, 4.69) is 16.9 Å². The van der Waals surface area contributed by atoms with Gasteiger partial charge in [-0.15, -0.1) is 11.8 Å². The molecule has 0 unspecified atom stereocenters. The summed E-state index contributed by atoms with van der Waals surface area (Å²) in [7, 11) is 0. The number of thioether (sulfide) groups is 1. The Labute approximate surface area is 108 Å². The van der Waals surface area contributed by atoms with E-state index < -0.39 is 0 Å². The van der Waals surface area contributed by atoms with Crippen LogP contribution >= 0.6 is 11.8 Å². The van der Waals surface area contributed by atoms with Crippen LogP contribution in [0.2, 0.25) is 0 Å². The molecule has 0 aliphatic heterocycles. The van der Waals surface area contributed by atoms with Crippen molar-refractivity contribution in [2.45, 2.75) is 18.4 Å². The first kappa shape index (κ1) is 11.3. The Morgan fingerprint density at radius 2 is 2.22 bits per heavy atom. The highest BCUT2D eigenvalue weighted by atomic mass is 32.2. The third kappa shape index (κ3) is 1.80. The third-order valence-corrected chi connectivity index (χ3v) is 3.87. The topological polar surface area (TPSA) is 50.2 Å². The summed E-state index contributed by atoms with van der Waals surface area (Å²) in [5.74, 6) is 1.62. The molecular formula is C13H13N3OS. The van der Waals surface area contributed by atoms with Gasteiger partial charge in [-0.3, -0.25) is 9.20 Å². The molecule has 0 amide bonds. The van der Waals surface area contributed by atoms with E-state index in [4.69, 9.17) is 0 Å². The number of para-hydroxylation sites is 1. The van der Waals surface area contributed by atoms with Crippen molar-refractivity contribution in [3.63, 3.8) is 0 Å². The molecule has 1 N–H and O–H groups in total. The first-order valence-corrected chi connectivity index (χ1v) is 6.91. The molecule has 0 saturated carbocycles. The lowest BCUT2D eigenvalue weighted by atomic mass is 10.2. The van der Waals surface area contributed by atoms with Crippen LogP contribution in [0.1, 0.15) is 13.3 Å². The number of H-pyrrole nitrogens is 1. The maximum absolute atomic E-state index is 12.3. The second-order valence-electron chi connectivity index (χ2n) is 4.10. The summed E-state index contributed by atoms with van der Waals surface area (Å²) in [6.07, 6.45) is 2.90. The van der Waals surface area contributed by atoms with Gasteiger partial charge in [0.2, 0.25) is 5.78 Å². The van der Waals surface area contributed by atoms with Crippen molar-refractivity contribution < 1.29 is 0 Å². The summed E-state index contributed by atoms with van der Waals surface area (Å²) in [6, 6.07) is 7.49. The predicted molar refractivity (Wildman–Crippen MR) is 74.3 cm³/mol. The van der Waals surface area contributed by atoms with Crippen molar-refractivity contribution >= 4 is 28.4 Å². The minimum atomic E-state index is -0.0183. The lowest BCUT2D eigenvalue weighted by molar-refractivity contribution is 1.09. The van der Waals surface area contributed by atoms with Gasteiger partial charge in [0.1, 0.15) is 5.03 Å². The van der Waals surface area contributed by atoms with Gasteiger partial charge in [0.15, 0.2) is 0 Å². The molecule has 2 heterocycles. The SMILES string of the molecule is CCCSc1cn2c(=O)c3ccccc3[nH]c2n1. The Morgan fingerprint density at radius 1 is 1.39 bits per heavy atom. The normalized spacial score (nSPS) is 11.4. The molecule has 4 nitrogen and oxygen atoms in total. The van der Waals surface area contributed by atoms with E-state index in [-0.39, 0.29) is 5.56 Å². The molecule has 0 bridgehead atoms. The second kappa shape index (κ2) is 4.49. The first-order chi connectivity index (χ1) is 8.79. The molecule has 1 aromatic carbocycles. The number of nitrogens with one attached hydrogen (secondary N) is 1. The van der Waals surface area contributed by atoms with Crippen LogP contribution in [0.15, 0.2) is 40.3 Å². The molecule has 0 atom stereocenters. The van der Waals surface area contributed by atoms with Crippen LogP contribution < -0.4 is 5.56 Å². The molecule has 3 aromatic rings. The molecule has 0 aliphatic rings. The van der Waals surface area contributed by atoms with Crippen LogP contribution in [0.25, 0.3) is 16.7 Å². The Kier molecular flexibility index (Phi) is 2.83. The molecule has 5 heteroatoms. The van der Waals surface area contributed by atoms with Crippen molar-refractivity contribution in [3.8, 4) is 0 Å². The molecule has 0 spiro atoms. The predicted octanol–water partition coefficient (Wildman–Crippen LogP) is 2.68. The van der Waals surface area contributed by atoms with Crippen molar-refractivity contribution in [2.24, 2.45) is 0 Å². The van der Waals surface area contributed by atoms with Gasteiger partial charge in [-0.25, -0.2) is 4.98 Å². The molecule has 2 aromatic heterocycles. The summed E-state index contributed by atoms with van der Waals surface area (Å²) in [6.45, 7) is 2.13. The smallest absolute Gasteiger partial charge is 0.266 e. The van der Waals surface area contributed by atoms with Gasteiger partial charge in [-0.2, -0.15) is 0 Å². The highest BCUT2D eigenvalue weighted by Gasteiger charge is 2.07. The summed E-state index contributed by atoms with van der Waals surface area (Å²) in [5, 5.41) is 1.58. The molecule has 18 heavy (non-hydrogen) atoms. The largest absolute Gasteiger partial charge is 0.324 e. The van der Waals surface area contributed by atoms with E-state index in [9.17, 15) is 4.79 Å². The van der Waals surface area contributed by atoms with Crippen LogP contribution in [-0.4, -0.2) is 20.1 Å². The zero-order valence-corrected chi connectivity index (χ0v) is 10.8. The monoisotopic (exact) mass is 259 g/mol. The Balaban J connectivity index is 2.23. The highest BCUT2D eigenvalue weighted by molar-refractivity contribution is 7.99. The third-order valence-electron chi connectivity index (χ3n) is 2.76. The van der Waals surface area contributed by atoms with Gasteiger partial charge < -0.3 is 4.98 Å². The standard InChI is InChI=1S/C13H13N3OS/c1-2-7-18-11-8-16-12(17)9-5-3-4-6-10(9)14-13(16)15-11/h3-6,8H,2,7H2,1H3,(H,14,15). The van der Waals surface area contributed by atoms with Crippen LogP contribution in [0, 0.1) is 0 Å². The average Bonchev–Trinajstić information content (AvgIpc) is 2.80. The van der Waals surface area contributed by atoms with E-state index in [1.807, 2.05) is 24.3 Å². The fraction of sp³-hybridized carbons (Fsp3) is 0.231. The first-order valence-electron chi connectivity index (χ1n) is 5.92. The average molecular weight is 259 g/mol. The van der Waals surface area contributed by atoms with Crippen molar-refractivity contribution in [1.82, 2.24) is 14.4 Å². The van der Waals surface area contributed by atoms with E-state index in [0.717, 1.165) is 22.7 Å². The van der Waals surface area contributed by atoms with Crippen LogP contribution in [-0.2, 0) is 0 Å². The number of imidazole rings is 1. The van der Waals surface area contributed by atoms with Gasteiger partial charge in [-0.1, -0.05) is 19.1 Å². The van der Waals surface area contributed by atoms with Crippen LogP contribution in [0.3, 0.4) is 0 Å². The Bertz CT molecular complexity index is 760. The molecule has 0 radical (unpaired) electrons. The lowest BCUT2D eigenvalue weighted by Gasteiger charge is -1.97. The maximum Gasteiger partial charge on any atom is 0.266 e. The number of benzene rings is 1. The van der Waals surface area contributed by atoms with Gasteiger partial charge in [0.05, 0.1) is 10.9 Å². The summed E-state index contributed by atoms with van der Waals surface area (Å²) in [4.78, 5) is 19.9. The van der Waals surface area contributed by atoms with Crippen molar-refractivity contribution in [3.05, 3.63) is 40.8 Å². The summed E-state index contributed by atoms with van der Waals surface area (Å²) < 4.78 is 1.58. The fourth-order valence-electron chi connectivity index (χ4n) is 1.91. The molecule has 0 saturated heterocycles. The number of rotatable bonds is 3. The zero-order chi connectivity index (χ0) is 12.5. The Morgan fingerprint density at radius 3 is 3.06 bits per heavy atom. The molecule has 3 rings (SSSR count). The van der Waals surface area contributed by atoms with E-state index in [1.54, 1.807) is 22.4 Å². The number of hydrogen-bond donors (Lipinski definition) is 1. The fourth-order valence-corrected chi connectivity index (χ4v) is 2.65. The van der Waals surface area contributed by atoms with Crippen molar-refractivity contribution in [1.29, 1.82) is 0 Å².